The van der Waals surface area contributed by atoms with Crippen molar-refractivity contribution in [2.75, 3.05) is 0 Å². The quantitative estimate of drug-likeness (QED) is 0.412. The van der Waals surface area contributed by atoms with E-state index >= 15 is 0 Å². The number of hydrogen-bond acceptors (Lipinski definition) is 6. The molecule has 2 N–H and O–H groups in total. The molecule has 0 aliphatic carbocycles. The van der Waals surface area contributed by atoms with E-state index in [0.717, 1.165) is 11.0 Å². The van der Waals surface area contributed by atoms with Gasteiger partial charge in [0.05, 0.1) is 0 Å². The third-order valence-electron chi connectivity index (χ3n) is 2.77. The van der Waals surface area contributed by atoms with Crippen molar-refractivity contribution in [3.05, 3.63) is 65.4 Å². The summed E-state index contributed by atoms with van der Waals surface area (Å²) in [4.78, 5) is 16.7. The van der Waals surface area contributed by atoms with Crippen LogP contribution in [0, 0.1) is 0 Å². The van der Waals surface area contributed by atoms with Crippen LogP contribution in [-0.4, -0.2) is 26.1 Å². The summed E-state index contributed by atoms with van der Waals surface area (Å²) in [6.45, 7) is 0. The highest BCUT2D eigenvalue weighted by atomic mass is 35.5. The average Bonchev–Trinajstić information content (AvgIpc) is 3.21. The highest BCUT2D eigenvalue weighted by Gasteiger charge is 2.13. The van der Waals surface area contributed by atoms with E-state index < -0.39 is 5.78 Å². The Bertz CT molecular complexity index is 841. The standard InChI is InChI=1S/C15H10ClN3O3S/c16-9-1-3-10(4-2-9)23-14-6-5-13(22-14)11(20)7-12(21)15-17-8-18-19-15/h1-8,21H,(H,17,18,19). The summed E-state index contributed by atoms with van der Waals surface area (Å²) in [5, 5.41) is 17.1. The second kappa shape index (κ2) is 6.72. The number of furan rings is 1. The molecular weight excluding hydrogens is 338 g/mol. The maximum absolute atomic E-state index is 12.0. The van der Waals surface area contributed by atoms with Crippen LogP contribution in [0.4, 0.5) is 0 Å². The molecule has 0 atom stereocenters. The van der Waals surface area contributed by atoms with Gasteiger partial charge in [0.25, 0.3) is 0 Å². The Hall–Kier alpha value is -2.51. The van der Waals surface area contributed by atoms with Gasteiger partial charge >= 0.3 is 0 Å². The number of aromatic nitrogens is 3. The Morgan fingerprint density at radius 2 is 2.04 bits per heavy atom. The molecule has 0 fully saturated rings. The molecule has 0 bridgehead atoms. The molecule has 0 amide bonds. The average molecular weight is 348 g/mol. The van der Waals surface area contributed by atoms with Crippen LogP contribution in [0.5, 0.6) is 0 Å². The first kappa shape index (κ1) is 15.4. The summed E-state index contributed by atoms with van der Waals surface area (Å²) in [7, 11) is 0. The lowest BCUT2D eigenvalue weighted by Crippen LogP contribution is -1.95. The predicted octanol–water partition coefficient (Wildman–Crippen LogP) is 3.98. The third-order valence-corrected chi connectivity index (χ3v) is 3.95. The molecule has 0 aliphatic rings. The van der Waals surface area contributed by atoms with Crippen LogP contribution in [0.1, 0.15) is 16.4 Å². The number of aliphatic hydroxyl groups excluding tert-OH is 1. The zero-order valence-corrected chi connectivity index (χ0v) is 13.1. The first-order valence-electron chi connectivity index (χ1n) is 6.46. The van der Waals surface area contributed by atoms with Gasteiger partial charge in [-0.25, -0.2) is 4.98 Å². The number of carbonyl (C=O) groups excluding carboxylic acids is 1. The molecule has 0 saturated carbocycles. The number of rotatable bonds is 5. The van der Waals surface area contributed by atoms with Crippen LogP contribution < -0.4 is 0 Å². The highest BCUT2D eigenvalue weighted by Crippen LogP contribution is 2.30. The third kappa shape index (κ3) is 3.82. The minimum absolute atomic E-state index is 0.0423. The van der Waals surface area contributed by atoms with Gasteiger partial charge in [0, 0.05) is 16.0 Å². The fourth-order valence-electron chi connectivity index (χ4n) is 1.72. The number of aliphatic hydroxyl groups is 1. The first-order chi connectivity index (χ1) is 11.1. The Balaban J connectivity index is 1.72. The first-order valence-corrected chi connectivity index (χ1v) is 7.65. The fraction of sp³-hybridized carbons (Fsp3) is 0. The van der Waals surface area contributed by atoms with E-state index in [0.29, 0.717) is 10.1 Å². The summed E-state index contributed by atoms with van der Waals surface area (Å²) in [6, 6.07) is 10.5. The SMILES string of the molecule is O=C(C=C(O)c1nc[nH]n1)c1ccc(Sc2ccc(Cl)cc2)o1. The Kier molecular flexibility index (Phi) is 4.50. The number of aromatic amines is 1. The van der Waals surface area contributed by atoms with Gasteiger partial charge in [-0.1, -0.05) is 23.4 Å². The molecule has 0 unspecified atom stereocenters. The molecule has 0 radical (unpaired) electrons. The molecule has 1 aromatic carbocycles. The largest absolute Gasteiger partial charge is 0.504 e. The van der Waals surface area contributed by atoms with Crippen molar-refractivity contribution in [2.24, 2.45) is 0 Å². The van der Waals surface area contributed by atoms with Crippen molar-refractivity contribution in [1.82, 2.24) is 15.2 Å². The van der Waals surface area contributed by atoms with Crippen molar-refractivity contribution in [1.29, 1.82) is 0 Å². The van der Waals surface area contributed by atoms with Crippen LogP contribution in [0.2, 0.25) is 5.02 Å². The Morgan fingerprint density at radius 1 is 1.26 bits per heavy atom. The molecule has 8 heteroatoms. The number of H-pyrrole nitrogens is 1. The van der Waals surface area contributed by atoms with Gasteiger partial charge in [0.2, 0.25) is 11.6 Å². The predicted molar refractivity (Wildman–Crippen MR) is 85.6 cm³/mol. The topological polar surface area (TPSA) is 92.0 Å². The molecule has 6 nitrogen and oxygen atoms in total. The number of ketones is 1. The lowest BCUT2D eigenvalue weighted by molar-refractivity contribution is 0.101. The summed E-state index contributed by atoms with van der Waals surface area (Å²) >= 11 is 7.19. The maximum Gasteiger partial charge on any atom is 0.224 e. The van der Waals surface area contributed by atoms with Crippen LogP contribution in [0.3, 0.4) is 0 Å². The van der Waals surface area contributed by atoms with Gasteiger partial charge in [-0.05, 0) is 36.4 Å². The van der Waals surface area contributed by atoms with Gasteiger partial charge in [0.1, 0.15) is 6.33 Å². The smallest absolute Gasteiger partial charge is 0.224 e. The van der Waals surface area contributed by atoms with Gasteiger partial charge in [-0.3, -0.25) is 9.89 Å². The molecule has 23 heavy (non-hydrogen) atoms. The van der Waals surface area contributed by atoms with Gasteiger partial charge in [-0.15, -0.1) is 0 Å². The van der Waals surface area contributed by atoms with Crippen molar-refractivity contribution in [2.45, 2.75) is 9.99 Å². The molecule has 0 saturated heterocycles. The number of nitrogens with one attached hydrogen (secondary N) is 1. The summed E-state index contributed by atoms with van der Waals surface area (Å²) in [5.74, 6) is -0.654. The van der Waals surface area contributed by atoms with Crippen molar-refractivity contribution in [3.8, 4) is 0 Å². The molecule has 2 aromatic heterocycles. The van der Waals surface area contributed by atoms with E-state index in [9.17, 15) is 9.90 Å². The monoisotopic (exact) mass is 347 g/mol. The molecule has 2 heterocycles. The summed E-state index contributed by atoms with van der Waals surface area (Å²) in [6.07, 6.45) is 2.32. The van der Waals surface area contributed by atoms with Crippen molar-refractivity contribution in [3.63, 3.8) is 0 Å². The number of halogens is 1. The second-order valence-electron chi connectivity index (χ2n) is 4.39. The number of carbonyl (C=O) groups is 1. The number of allylic oxidation sites excluding steroid dienone is 1. The molecule has 0 spiro atoms. The minimum Gasteiger partial charge on any atom is -0.504 e. The maximum atomic E-state index is 12.0. The van der Waals surface area contributed by atoms with Gasteiger partial charge in [0.15, 0.2) is 16.6 Å². The molecule has 3 aromatic rings. The molecule has 116 valence electrons. The normalized spacial score (nSPS) is 11.6. The molecule has 3 rings (SSSR count). The Labute approximate surface area is 140 Å². The number of benzene rings is 1. The second-order valence-corrected chi connectivity index (χ2v) is 5.91. The van der Waals surface area contributed by atoms with Crippen LogP contribution in [0.15, 0.2) is 63.2 Å². The highest BCUT2D eigenvalue weighted by molar-refractivity contribution is 7.99. The number of nitrogens with zero attached hydrogens (tertiary/aromatic N) is 2. The Morgan fingerprint density at radius 3 is 2.74 bits per heavy atom. The molecule has 0 aliphatic heterocycles. The van der Waals surface area contributed by atoms with Gasteiger partial charge in [-0.2, -0.15) is 5.10 Å². The van der Waals surface area contributed by atoms with E-state index in [1.165, 1.54) is 18.1 Å². The molecular formula is C15H10ClN3O3S. The van der Waals surface area contributed by atoms with Crippen molar-refractivity contribution >= 4 is 34.9 Å². The number of hydrogen-bond donors (Lipinski definition) is 2. The van der Waals surface area contributed by atoms with Crippen LogP contribution in [0.25, 0.3) is 5.76 Å². The van der Waals surface area contributed by atoms with E-state index in [2.05, 4.69) is 15.2 Å². The van der Waals surface area contributed by atoms with E-state index in [-0.39, 0.29) is 17.3 Å². The van der Waals surface area contributed by atoms with Crippen LogP contribution in [-0.2, 0) is 0 Å². The lowest BCUT2D eigenvalue weighted by Gasteiger charge is -1.98. The lowest BCUT2D eigenvalue weighted by atomic mass is 10.2. The zero-order valence-electron chi connectivity index (χ0n) is 11.6. The van der Waals surface area contributed by atoms with Crippen molar-refractivity contribution < 1.29 is 14.3 Å². The minimum atomic E-state index is -0.477. The zero-order chi connectivity index (χ0) is 16.2. The van der Waals surface area contributed by atoms with E-state index in [1.54, 1.807) is 24.3 Å². The van der Waals surface area contributed by atoms with E-state index in [1.807, 2.05) is 12.1 Å². The van der Waals surface area contributed by atoms with E-state index in [4.69, 9.17) is 16.0 Å². The summed E-state index contributed by atoms with van der Waals surface area (Å²) in [5.41, 5.74) is 0. The summed E-state index contributed by atoms with van der Waals surface area (Å²) < 4.78 is 5.47. The fourth-order valence-corrected chi connectivity index (χ4v) is 2.62. The van der Waals surface area contributed by atoms with Crippen LogP contribution >= 0.6 is 23.4 Å². The van der Waals surface area contributed by atoms with Gasteiger partial charge < -0.3 is 9.52 Å².